The third-order valence-corrected chi connectivity index (χ3v) is 2.72. The smallest absolute Gasteiger partial charge is 0.296 e. The largest absolute Gasteiger partial charge is 0.508 e. The van der Waals surface area contributed by atoms with Crippen LogP contribution >= 0.6 is 0 Å². The normalized spacial score (nSPS) is 18.1. The van der Waals surface area contributed by atoms with Crippen LogP contribution in [0.3, 0.4) is 0 Å². The lowest BCUT2D eigenvalue weighted by atomic mass is 10.1. The molecule has 1 atom stereocenters. The molecule has 0 saturated carbocycles. The first kappa shape index (κ1) is 12.2. The van der Waals surface area contributed by atoms with E-state index < -0.39 is 4.92 Å². The lowest BCUT2D eigenvalue weighted by Gasteiger charge is -2.20. The second kappa shape index (κ2) is 5.39. The summed E-state index contributed by atoms with van der Waals surface area (Å²) in [5.41, 5.74) is 0.248. The Kier molecular flexibility index (Phi) is 3.66. The Hall–Kier alpha value is -2.24. The minimum Gasteiger partial charge on any atom is -0.508 e. The molecule has 2 rings (SSSR count). The minimum atomic E-state index is -0.524. The van der Waals surface area contributed by atoms with Crippen molar-refractivity contribution in [2.45, 2.75) is 18.9 Å². The summed E-state index contributed by atoms with van der Waals surface area (Å²) >= 11 is 0. The van der Waals surface area contributed by atoms with E-state index in [1.54, 1.807) is 6.26 Å². The Morgan fingerprint density at radius 1 is 1.56 bits per heavy atom. The van der Waals surface area contributed by atoms with Crippen LogP contribution in [-0.2, 0) is 4.74 Å². The highest BCUT2D eigenvalue weighted by Gasteiger charge is 2.17. The Bertz CT molecular complexity index is 473. The molecular formula is C12H14N2O4. The Balaban J connectivity index is 2.04. The molecule has 2 N–H and O–H groups in total. The maximum absolute atomic E-state index is 10.8. The first-order valence-corrected chi connectivity index (χ1v) is 5.68. The van der Waals surface area contributed by atoms with Gasteiger partial charge in [-0.1, -0.05) is 0 Å². The number of nitro benzene ring substituents is 1. The summed E-state index contributed by atoms with van der Waals surface area (Å²) in [5.74, 6) is -0.121. The van der Waals surface area contributed by atoms with E-state index in [2.05, 4.69) is 5.32 Å². The number of nitrogens with zero attached hydrogens (tertiary/aromatic N) is 1. The van der Waals surface area contributed by atoms with E-state index in [-0.39, 0.29) is 17.5 Å². The molecule has 0 spiro atoms. The average molecular weight is 250 g/mol. The third kappa shape index (κ3) is 2.91. The van der Waals surface area contributed by atoms with Crippen molar-refractivity contribution in [1.82, 2.24) is 0 Å². The highest BCUT2D eigenvalue weighted by molar-refractivity contribution is 5.63. The fourth-order valence-electron chi connectivity index (χ4n) is 1.78. The van der Waals surface area contributed by atoms with E-state index in [1.165, 1.54) is 12.1 Å². The second-order valence-corrected chi connectivity index (χ2v) is 4.05. The number of nitrogens with one attached hydrogen (secondary N) is 1. The molecule has 0 bridgehead atoms. The van der Waals surface area contributed by atoms with Crippen LogP contribution in [0.1, 0.15) is 12.8 Å². The molecule has 18 heavy (non-hydrogen) atoms. The molecule has 0 radical (unpaired) electrons. The maximum Gasteiger partial charge on any atom is 0.296 e. The van der Waals surface area contributed by atoms with Crippen LogP contribution in [0.2, 0.25) is 0 Å². The minimum absolute atomic E-state index is 0.0170. The number of phenols is 1. The number of nitro groups is 1. The van der Waals surface area contributed by atoms with Gasteiger partial charge in [-0.3, -0.25) is 10.1 Å². The van der Waals surface area contributed by atoms with Gasteiger partial charge in [0.2, 0.25) is 0 Å². The molecule has 0 aliphatic carbocycles. The summed E-state index contributed by atoms with van der Waals surface area (Å²) in [6.45, 7) is 0.496. The van der Waals surface area contributed by atoms with E-state index in [1.807, 2.05) is 6.08 Å². The topological polar surface area (TPSA) is 84.6 Å². The van der Waals surface area contributed by atoms with Crippen LogP contribution in [-0.4, -0.2) is 22.7 Å². The summed E-state index contributed by atoms with van der Waals surface area (Å²) in [6.07, 6.45) is 5.45. The monoisotopic (exact) mass is 250 g/mol. The van der Waals surface area contributed by atoms with Crippen LogP contribution in [0, 0.1) is 10.1 Å². The summed E-state index contributed by atoms with van der Waals surface area (Å²) in [4.78, 5) is 10.3. The van der Waals surface area contributed by atoms with Crippen molar-refractivity contribution in [3.8, 4) is 5.75 Å². The van der Waals surface area contributed by atoms with Gasteiger partial charge in [-0.05, 0) is 31.1 Å². The molecule has 0 amide bonds. The van der Waals surface area contributed by atoms with E-state index >= 15 is 0 Å². The maximum atomic E-state index is 10.8. The van der Waals surface area contributed by atoms with Gasteiger partial charge in [0.05, 0.1) is 23.8 Å². The van der Waals surface area contributed by atoms with Gasteiger partial charge in [-0.25, -0.2) is 0 Å². The van der Waals surface area contributed by atoms with Crippen molar-refractivity contribution in [3.63, 3.8) is 0 Å². The third-order valence-electron chi connectivity index (χ3n) is 2.72. The quantitative estimate of drug-likeness (QED) is 0.487. The van der Waals surface area contributed by atoms with Gasteiger partial charge in [0, 0.05) is 0 Å². The number of rotatable bonds is 4. The van der Waals surface area contributed by atoms with Gasteiger partial charge < -0.3 is 15.2 Å². The lowest BCUT2D eigenvalue weighted by molar-refractivity contribution is -0.384. The molecule has 1 unspecified atom stereocenters. The summed E-state index contributed by atoms with van der Waals surface area (Å²) in [6, 6.07) is 4.03. The van der Waals surface area contributed by atoms with Crippen molar-refractivity contribution in [2.75, 3.05) is 11.9 Å². The molecule has 0 fully saturated rings. The predicted octanol–water partition coefficient (Wildman–Crippen LogP) is 2.41. The standard InChI is InChI=1S/C12H14N2O4/c15-9-4-5-11(12(7-9)14(16)17)13-8-10-3-1-2-6-18-10/h2,4-7,10,13,15H,1,3,8H2. The Morgan fingerprint density at radius 3 is 3.06 bits per heavy atom. The summed E-state index contributed by atoms with van der Waals surface area (Å²) in [5, 5.41) is 23.1. The van der Waals surface area contributed by atoms with Crippen LogP contribution in [0.5, 0.6) is 5.75 Å². The molecule has 1 aliphatic rings. The molecule has 1 aromatic rings. The Morgan fingerprint density at radius 2 is 2.39 bits per heavy atom. The zero-order chi connectivity index (χ0) is 13.0. The number of ether oxygens (including phenoxy) is 1. The fourth-order valence-corrected chi connectivity index (χ4v) is 1.78. The van der Waals surface area contributed by atoms with Crippen LogP contribution in [0.25, 0.3) is 0 Å². The molecule has 1 aromatic carbocycles. The van der Waals surface area contributed by atoms with Gasteiger partial charge in [0.1, 0.15) is 17.5 Å². The molecule has 1 heterocycles. The number of allylic oxidation sites excluding steroid dienone is 1. The Labute approximate surface area is 104 Å². The van der Waals surface area contributed by atoms with E-state index in [0.717, 1.165) is 18.9 Å². The van der Waals surface area contributed by atoms with Crippen molar-refractivity contribution in [1.29, 1.82) is 0 Å². The van der Waals surface area contributed by atoms with E-state index in [4.69, 9.17) is 4.74 Å². The lowest BCUT2D eigenvalue weighted by Crippen LogP contribution is -2.23. The van der Waals surface area contributed by atoms with Crippen LogP contribution in [0.4, 0.5) is 11.4 Å². The zero-order valence-electron chi connectivity index (χ0n) is 9.70. The van der Waals surface area contributed by atoms with E-state index in [9.17, 15) is 15.2 Å². The number of anilines is 1. The molecule has 6 nitrogen and oxygen atoms in total. The predicted molar refractivity (Wildman–Crippen MR) is 66.5 cm³/mol. The fraction of sp³-hybridized carbons (Fsp3) is 0.333. The van der Waals surface area contributed by atoms with Gasteiger partial charge >= 0.3 is 0 Å². The van der Waals surface area contributed by atoms with Crippen molar-refractivity contribution in [2.24, 2.45) is 0 Å². The highest BCUT2D eigenvalue weighted by atomic mass is 16.6. The highest BCUT2D eigenvalue weighted by Crippen LogP contribution is 2.28. The number of benzene rings is 1. The summed E-state index contributed by atoms with van der Waals surface area (Å²) < 4.78 is 5.36. The van der Waals surface area contributed by atoms with Crippen molar-refractivity contribution < 1.29 is 14.8 Å². The number of hydrogen-bond donors (Lipinski definition) is 2. The number of hydrogen-bond acceptors (Lipinski definition) is 5. The van der Waals surface area contributed by atoms with Crippen LogP contribution in [0.15, 0.2) is 30.5 Å². The SMILES string of the molecule is O=[N+]([O-])c1cc(O)ccc1NCC1CCC=CO1. The van der Waals surface area contributed by atoms with Crippen molar-refractivity contribution >= 4 is 11.4 Å². The molecular weight excluding hydrogens is 236 g/mol. The molecule has 1 aliphatic heterocycles. The number of phenolic OH excluding ortho intramolecular Hbond substituents is 1. The first-order chi connectivity index (χ1) is 8.66. The van der Waals surface area contributed by atoms with Gasteiger partial charge in [-0.2, -0.15) is 0 Å². The van der Waals surface area contributed by atoms with Gasteiger partial charge in [0.15, 0.2) is 0 Å². The second-order valence-electron chi connectivity index (χ2n) is 4.05. The summed E-state index contributed by atoms with van der Waals surface area (Å²) in [7, 11) is 0. The molecule has 0 saturated heterocycles. The first-order valence-electron chi connectivity index (χ1n) is 5.68. The zero-order valence-corrected chi connectivity index (χ0v) is 9.70. The van der Waals surface area contributed by atoms with Gasteiger partial charge in [0.25, 0.3) is 5.69 Å². The van der Waals surface area contributed by atoms with Crippen molar-refractivity contribution in [3.05, 3.63) is 40.7 Å². The molecule has 0 aromatic heterocycles. The van der Waals surface area contributed by atoms with Crippen LogP contribution < -0.4 is 5.32 Å². The molecule has 6 heteroatoms. The van der Waals surface area contributed by atoms with Gasteiger partial charge in [-0.15, -0.1) is 0 Å². The number of aromatic hydroxyl groups is 1. The van der Waals surface area contributed by atoms with E-state index in [0.29, 0.717) is 12.2 Å². The molecule has 96 valence electrons. The average Bonchev–Trinajstić information content (AvgIpc) is 2.38.